The molecule has 0 atom stereocenters. The number of ether oxygens (including phenoxy) is 1. The van der Waals surface area contributed by atoms with Crippen molar-refractivity contribution in [1.29, 1.82) is 0 Å². The summed E-state index contributed by atoms with van der Waals surface area (Å²) in [5, 5.41) is 14.2. The monoisotopic (exact) mass is 430 g/mol. The van der Waals surface area contributed by atoms with Crippen molar-refractivity contribution in [3.05, 3.63) is 83.9 Å². The third-order valence-corrected chi connectivity index (χ3v) is 5.59. The van der Waals surface area contributed by atoms with Gasteiger partial charge in [-0.15, -0.1) is 0 Å². The molecule has 1 amide bonds. The first-order valence-electron chi connectivity index (χ1n) is 10.4. The third-order valence-electron chi connectivity index (χ3n) is 5.59. The average Bonchev–Trinajstić information content (AvgIpc) is 2.84. The number of aromatic carboxylic acids is 1. The first-order chi connectivity index (χ1) is 15.6. The number of hydrogen-bond acceptors (Lipinski definition) is 6. The third kappa shape index (κ3) is 4.37. The van der Waals surface area contributed by atoms with E-state index < -0.39 is 11.9 Å². The molecule has 1 aliphatic heterocycles. The lowest BCUT2D eigenvalue weighted by Crippen LogP contribution is -2.46. The number of hydrogen-bond donors (Lipinski definition) is 1. The van der Waals surface area contributed by atoms with Crippen LogP contribution in [0.15, 0.2) is 72.8 Å². The molecule has 0 aromatic heterocycles. The van der Waals surface area contributed by atoms with Crippen molar-refractivity contribution in [2.75, 3.05) is 48.4 Å². The highest BCUT2D eigenvalue weighted by atomic mass is 16.5. The molecule has 164 valence electrons. The SMILES string of the molecule is COc1ccccc1N1CCN(c2ccccc2NC(=O)c2ccccc2C(=O)[O-])CC1. The molecule has 1 N–H and O–H groups in total. The fourth-order valence-corrected chi connectivity index (χ4v) is 3.98. The minimum atomic E-state index is -1.38. The van der Waals surface area contributed by atoms with Gasteiger partial charge in [0.1, 0.15) is 5.75 Å². The number of nitrogens with one attached hydrogen (secondary N) is 1. The first kappa shape index (κ1) is 21.2. The Balaban J connectivity index is 1.50. The van der Waals surface area contributed by atoms with Crippen molar-refractivity contribution in [3.63, 3.8) is 0 Å². The van der Waals surface area contributed by atoms with E-state index in [0.29, 0.717) is 5.69 Å². The van der Waals surface area contributed by atoms with Crippen LogP contribution in [0, 0.1) is 0 Å². The summed E-state index contributed by atoms with van der Waals surface area (Å²) in [7, 11) is 1.67. The molecule has 7 nitrogen and oxygen atoms in total. The van der Waals surface area contributed by atoms with Crippen molar-refractivity contribution >= 4 is 28.9 Å². The summed E-state index contributed by atoms with van der Waals surface area (Å²) in [6.07, 6.45) is 0. The summed E-state index contributed by atoms with van der Waals surface area (Å²) in [5.74, 6) is -1.01. The number of rotatable bonds is 6. The highest BCUT2D eigenvalue weighted by molar-refractivity contribution is 6.11. The van der Waals surface area contributed by atoms with Crippen LogP contribution in [-0.4, -0.2) is 45.2 Å². The highest BCUT2D eigenvalue weighted by Crippen LogP contribution is 2.31. The Morgan fingerprint density at radius 1 is 0.781 bits per heavy atom. The second kappa shape index (κ2) is 9.43. The number of methoxy groups -OCH3 is 1. The van der Waals surface area contributed by atoms with Crippen molar-refractivity contribution < 1.29 is 19.4 Å². The maximum absolute atomic E-state index is 12.8. The number of amides is 1. The molecule has 0 unspecified atom stereocenters. The second-order valence-corrected chi connectivity index (χ2v) is 7.45. The van der Waals surface area contributed by atoms with Crippen LogP contribution in [0.5, 0.6) is 5.75 Å². The summed E-state index contributed by atoms with van der Waals surface area (Å²) in [6, 6.07) is 21.6. The number of anilines is 3. The van der Waals surface area contributed by atoms with Crippen LogP contribution in [0.25, 0.3) is 0 Å². The van der Waals surface area contributed by atoms with Gasteiger partial charge in [0, 0.05) is 37.3 Å². The molecule has 4 rings (SSSR count). The van der Waals surface area contributed by atoms with Gasteiger partial charge in [-0.05, 0) is 30.3 Å². The molecule has 3 aromatic carbocycles. The standard InChI is InChI=1S/C25H25N3O4/c1-32-23-13-7-6-12-22(23)28-16-14-27(15-17-28)21-11-5-4-10-20(21)26-24(29)18-8-2-3-9-19(18)25(30)31/h2-13H,14-17H2,1H3,(H,26,29)(H,30,31)/p-1. The van der Waals surface area contributed by atoms with Crippen molar-refractivity contribution in [1.82, 2.24) is 0 Å². The van der Waals surface area contributed by atoms with Crippen LogP contribution in [0.3, 0.4) is 0 Å². The molecule has 0 aliphatic carbocycles. The number of piperazine rings is 1. The van der Waals surface area contributed by atoms with Crippen LogP contribution in [0.4, 0.5) is 17.1 Å². The predicted octanol–water partition coefficient (Wildman–Crippen LogP) is 2.64. The maximum atomic E-state index is 12.8. The van der Waals surface area contributed by atoms with Gasteiger partial charge < -0.3 is 29.8 Å². The Morgan fingerprint density at radius 2 is 1.31 bits per heavy atom. The highest BCUT2D eigenvalue weighted by Gasteiger charge is 2.22. The lowest BCUT2D eigenvalue weighted by Gasteiger charge is -2.38. The van der Waals surface area contributed by atoms with Crippen LogP contribution >= 0.6 is 0 Å². The van der Waals surface area contributed by atoms with Gasteiger partial charge >= 0.3 is 0 Å². The van der Waals surface area contributed by atoms with Crippen molar-refractivity contribution in [2.24, 2.45) is 0 Å². The maximum Gasteiger partial charge on any atom is 0.256 e. The predicted molar refractivity (Wildman–Crippen MR) is 123 cm³/mol. The summed E-state index contributed by atoms with van der Waals surface area (Å²) in [4.78, 5) is 28.7. The zero-order chi connectivity index (χ0) is 22.5. The average molecular weight is 430 g/mol. The van der Waals surface area contributed by atoms with Gasteiger partial charge in [0.2, 0.25) is 0 Å². The topological polar surface area (TPSA) is 84.9 Å². The summed E-state index contributed by atoms with van der Waals surface area (Å²) in [5.41, 5.74) is 2.54. The Morgan fingerprint density at radius 3 is 1.97 bits per heavy atom. The first-order valence-corrected chi connectivity index (χ1v) is 10.4. The number of carbonyl (C=O) groups excluding carboxylic acids is 2. The molecule has 0 spiro atoms. The van der Waals surface area contributed by atoms with Gasteiger partial charge in [-0.1, -0.05) is 42.5 Å². The fourth-order valence-electron chi connectivity index (χ4n) is 3.98. The van der Waals surface area contributed by atoms with E-state index in [4.69, 9.17) is 4.74 Å². The molecular formula is C25H24N3O4-. The Hall–Kier alpha value is -4.00. The molecule has 1 saturated heterocycles. The zero-order valence-corrected chi connectivity index (χ0v) is 17.8. The van der Waals surface area contributed by atoms with E-state index >= 15 is 0 Å². The van der Waals surface area contributed by atoms with E-state index in [1.54, 1.807) is 19.2 Å². The number of benzene rings is 3. The molecule has 0 bridgehead atoms. The molecule has 3 aromatic rings. The van der Waals surface area contributed by atoms with Gasteiger partial charge in [0.15, 0.2) is 0 Å². The quantitative estimate of drug-likeness (QED) is 0.647. The van der Waals surface area contributed by atoms with Crippen molar-refractivity contribution in [3.8, 4) is 5.75 Å². The van der Waals surface area contributed by atoms with Gasteiger partial charge in [0.05, 0.1) is 30.1 Å². The van der Waals surface area contributed by atoms with E-state index in [-0.39, 0.29) is 11.1 Å². The number of carbonyl (C=O) groups is 2. The molecule has 1 heterocycles. The zero-order valence-electron chi connectivity index (χ0n) is 17.8. The van der Waals surface area contributed by atoms with Gasteiger partial charge in [0.25, 0.3) is 5.91 Å². The lowest BCUT2D eigenvalue weighted by molar-refractivity contribution is -0.255. The largest absolute Gasteiger partial charge is 0.545 e. The summed E-state index contributed by atoms with van der Waals surface area (Å²) < 4.78 is 5.49. The minimum Gasteiger partial charge on any atom is -0.545 e. The Kier molecular flexibility index (Phi) is 6.26. The van der Waals surface area contributed by atoms with Gasteiger partial charge in [-0.2, -0.15) is 0 Å². The minimum absolute atomic E-state index is 0.0725. The molecular weight excluding hydrogens is 406 g/mol. The van der Waals surface area contributed by atoms with Crippen molar-refractivity contribution in [2.45, 2.75) is 0 Å². The molecule has 7 heteroatoms. The van der Waals surface area contributed by atoms with E-state index in [1.807, 2.05) is 42.5 Å². The van der Waals surface area contributed by atoms with Gasteiger partial charge in [-0.3, -0.25) is 4.79 Å². The summed E-state index contributed by atoms with van der Waals surface area (Å²) >= 11 is 0. The Labute approximate surface area is 186 Å². The van der Waals surface area contributed by atoms with Gasteiger partial charge in [-0.25, -0.2) is 0 Å². The number of para-hydroxylation sites is 4. The number of nitrogens with zero attached hydrogens (tertiary/aromatic N) is 2. The van der Waals surface area contributed by atoms with Crippen LogP contribution in [-0.2, 0) is 0 Å². The molecule has 1 fully saturated rings. The second-order valence-electron chi connectivity index (χ2n) is 7.45. The lowest BCUT2D eigenvalue weighted by atomic mass is 10.1. The molecule has 0 radical (unpaired) electrons. The van der Waals surface area contributed by atoms with Crippen LogP contribution in [0.1, 0.15) is 20.7 Å². The summed E-state index contributed by atoms with van der Waals surface area (Å²) in [6.45, 7) is 3.13. The molecule has 0 saturated carbocycles. The van der Waals surface area contributed by atoms with E-state index in [0.717, 1.165) is 43.3 Å². The molecule has 32 heavy (non-hydrogen) atoms. The van der Waals surface area contributed by atoms with E-state index in [1.165, 1.54) is 12.1 Å². The molecule has 1 aliphatic rings. The van der Waals surface area contributed by atoms with E-state index in [2.05, 4.69) is 21.2 Å². The number of carboxylic acids is 1. The van der Waals surface area contributed by atoms with E-state index in [9.17, 15) is 14.7 Å². The Bertz CT molecular complexity index is 1120. The number of carboxylic acid groups (broad SMARTS) is 1. The fraction of sp³-hybridized carbons (Fsp3) is 0.200. The van der Waals surface area contributed by atoms with Crippen LogP contribution in [0.2, 0.25) is 0 Å². The normalized spacial score (nSPS) is 13.5. The van der Waals surface area contributed by atoms with Crippen LogP contribution < -0.4 is 25.0 Å². The smallest absolute Gasteiger partial charge is 0.256 e.